The molecule has 1 aromatic carbocycles. The average Bonchev–Trinajstić information content (AvgIpc) is 2.74. The van der Waals surface area contributed by atoms with Crippen LogP contribution < -0.4 is 9.47 Å². The van der Waals surface area contributed by atoms with Gasteiger partial charge in [-0.2, -0.15) is 0 Å². The highest BCUT2D eigenvalue weighted by molar-refractivity contribution is 5.32. The predicted molar refractivity (Wildman–Crippen MR) is 79.4 cm³/mol. The molecule has 1 atom stereocenters. The summed E-state index contributed by atoms with van der Waals surface area (Å²) in [6.07, 6.45) is 4.66. The summed E-state index contributed by atoms with van der Waals surface area (Å²) in [5.74, 6) is 1.50. The lowest BCUT2D eigenvalue weighted by Gasteiger charge is -2.23. The van der Waals surface area contributed by atoms with Crippen molar-refractivity contribution < 1.29 is 14.6 Å². The van der Waals surface area contributed by atoms with Crippen molar-refractivity contribution in [2.24, 2.45) is 0 Å². The summed E-state index contributed by atoms with van der Waals surface area (Å²) < 4.78 is 10.8. The number of likely N-dealkylation sites (tertiary alicyclic amines) is 1. The summed E-state index contributed by atoms with van der Waals surface area (Å²) in [6.45, 7) is 3.21. The van der Waals surface area contributed by atoms with Crippen LogP contribution in [-0.2, 0) is 0 Å². The van der Waals surface area contributed by atoms with E-state index in [-0.39, 0.29) is 0 Å². The van der Waals surface area contributed by atoms with Gasteiger partial charge in [0.25, 0.3) is 0 Å². The molecule has 0 unspecified atom stereocenters. The highest BCUT2D eigenvalue weighted by Crippen LogP contribution is 2.19. The van der Waals surface area contributed by atoms with E-state index in [9.17, 15) is 5.11 Å². The van der Waals surface area contributed by atoms with Gasteiger partial charge in [0.15, 0.2) is 0 Å². The van der Waals surface area contributed by atoms with Gasteiger partial charge in [-0.05, 0) is 38.1 Å². The number of aliphatic hydroxyl groups excluding tert-OH is 1. The van der Waals surface area contributed by atoms with E-state index >= 15 is 0 Å². The van der Waals surface area contributed by atoms with Crippen LogP contribution in [0.25, 0.3) is 0 Å². The molecule has 4 heteroatoms. The van der Waals surface area contributed by atoms with Crippen LogP contribution in [-0.4, -0.2) is 49.5 Å². The van der Waals surface area contributed by atoms with E-state index in [0.717, 1.165) is 24.6 Å². The molecular formula is C16H25NO3. The van der Waals surface area contributed by atoms with Gasteiger partial charge in [-0.3, -0.25) is 0 Å². The monoisotopic (exact) mass is 279 g/mol. The van der Waals surface area contributed by atoms with Gasteiger partial charge in [0.2, 0.25) is 0 Å². The van der Waals surface area contributed by atoms with Crippen LogP contribution in [0.1, 0.15) is 25.7 Å². The van der Waals surface area contributed by atoms with Crippen LogP contribution in [0.4, 0.5) is 0 Å². The quantitative estimate of drug-likeness (QED) is 0.867. The van der Waals surface area contributed by atoms with E-state index in [1.54, 1.807) is 7.11 Å². The van der Waals surface area contributed by atoms with Gasteiger partial charge in [-0.15, -0.1) is 0 Å². The van der Waals surface area contributed by atoms with Crippen LogP contribution >= 0.6 is 0 Å². The molecule has 1 saturated heterocycles. The molecule has 2 rings (SSSR count). The molecule has 4 nitrogen and oxygen atoms in total. The minimum absolute atomic E-state index is 0.323. The van der Waals surface area contributed by atoms with Gasteiger partial charge < -0.3 is 19.5 Å². The van der Waals surface area contributed by atoms with E-state index < -0.39 is 6.10 Å². The second-order valence-electron chi connectivity index (χ2n) is 5.36. The van der Waals surface area contributed by atoms with Crippen LogP contribution in [0.2, 0.25) is 0 Å². The minimum atomic E-state index is -0.445. The molecule has 0 radical (unpaired) electrons. The maximum absolute atomic E-state index is 10.1. The first-order valence-corrected chi connectivity index (χ1v) is 7.45. The summed E-state index contributed by atoms with van der Waals surface area (Å²) in [7, 11) is 1.63. The SMILES string of the molecule is COc1cccc(OC[C@H](O)CN2CCCCCC2)c1. The molecule has 112 valence electrons. The lowest BCUT2D eigenvalue weighted by atomic mass is 10.2. The fourth-order valence-corrected chi connectivity index (χ4v) is 2.55. The predicted octanol–water partition coefficient (Wildman–Crippen LogP) is 2.31. The molecule has 1 fully saturated rings. The van der Waals surface area contributed by atoms with Gasteiger partial charge in [0, 0.05) is 12.6 Å². The van der Waals surface area contributed by atoms with Gasteiger partial charge >= 0.3 is 0 Å². The first-order valence-electron chi connectivity index (χ1n) is 7.45. The third-order valence-corrected chi connectivity index (χ3v) is 3.65. The van der Waals surface area contributed by atoms with Crippen molar-refractivity contribution >= 4 is 0 Å². The van der Waals surface area contributed by atoms with E-state index in [4.69, 9.17) is 9.47 Å². The maximum atomic E-state index is 10.1. The van der Waals surface area contributed by atoms with Crippen LogP contribution in [0, 0.1) is 0 Å². The Balaban J connectivity index is 1.74. The first kappa shape index (κ1) is 15.1. The zero-order valence-electron chi connectivity index (χ0n) is 12.3. The lowest BCUT2D eigenvalue weighted by Crippen LogP contribution is -2.36. The molecule has 1 aliphatic rings. The Morgan fingerprint density at radius 1 is 1.15 bits per heavy atom. The van der Waals surface area contributed by atoms with Crippen LogP contribution in [0.5, 0.6) is 11.5 Å². The number of hydrogen-bond donors (Lipinski definition) is 1. The Labute approximate surface area is 121 Å². The molecular weight excluding hydrogens is 254 g/mol. The number of aliphatic hydroxyl groups is 1. The smallest absolute Gasteiger partial charge is 0.123 e. The highest BCUT2D eigenvalue weighted by atomic mass is 16.5. The van der Waals surface area contributed by atoms with Gasteiger partial charge in [0.05, 0.1) is 7.11 Å². The maximum Gasteiger partial charge on any atom is 0.123 e. The van der Waals surface area contributed by atoms with E-state index in [2.05, 4.69) is 4.90 Å². The van der Waals surface area contributed by atoms with Gasteiger partial charge in [-0.1, -0.05) is 18.9 Å². The Bertz CT molecular complexity index is 389. The van der Waals surface area contributed by atoms with Crippen molar-refractivity contribution in [3.8, 4) is 11.5 Å². The van der Waals surface area contributed by atoms with Gasteiger partial charge in [-0.25, -0.2) is 0 Å². The fourth-order valence-electron chi connectivity index (χ4n) is 2.55. The van der Waals surface area contributed by atoms with Crippen molar-refractivity contribution in [1.29, 1.82) is 0 Å². The molecule has 0 aromatic heterocycles. The van der Waals surface area contributed by atoms with Crippen LogP contribution in [0.15, 0.2) is 24.3 Å². The number of hydrogen-bond acceptors (Lipinski definition) is 4. The molecule has 0 amide bonds. The molecule has 0 bridgehead atoms. The number of rotatable bonds is 6. The minimum Gasteiger partial charge on any atom is -0.497 e. The zero-order chi connectivity index (χ0) is 14.2. The summed E-state index contributed by atoms with van der Waals surface area (Å²) >= 11 is 0. The normalized spacial score (nSPS) is 18.3. The van der Waals surface area contributed by atoms with Crippen molar-refractivity contribution in [2.45, 2.75) is 31.8 Å². The number of methoxy groups -OCH3 is 1. The Morgan fingerprint density at radius 3 is 2.55 bits per heavy atom. The topological polar surface area (TPSA) is 41.9 Å². The summed E-state index contributed by atoms with van der Waals surface area (Å²) in [5, 5.41) is 10.1. The molecule has 0 aliphatic carbocycles. The van der Waals surface area contributed by atoms with E-state index in [1.165, 1.54) is 25.7 Å². The lowest BCUT2D eigenvalue weighted by molar-refractivity contribution is 0.0693. The fraction of sp³-hybridized carbons (Fsp3) is 0.625. The third kappa shape index (κ3) is 5.02. The molecule has 20 heavy (non-hydrogen) atoms. The number of β-amino-alcohol motifs (C(OH)–C–C–N with tert-alkyl or cyclic N) is 1. The summed E-state index contributed by atoms with van der Waals surface area (Å²) in [4.78, 5) is 2.34. The number of ether oxygens (including phenoxy) is 2. The van der Waals surface area contributed by atoms with E-state index in [0.29, 0.717) is 13.2 Å². The molecule has 1 aromatic rings. The van der Waals surface area contributed by atoms with Gasteiger partial charge in [0.1, 0.15) is 24.2 Å². The third-order valence-electron chi connectivity index (χ3n) is 3.65. The van der Waals surface area contributed by atoms with E-state index in [1.807, 2.05) is 24.3 Å². The average molecular weight is 279 g/mol. The summed E-state index contributed by atoms with van der Waals surface area (Å²) in [5.41, 5.74) is 0. The Kier molecular flexibility index (Phi) is 6.15. The highest BCUT2D eigenvalue weighted by Gasteiger charge is 2.14. The standard InChI is InChI=1S/C16H25NO3/c1-19-15-7-6-8-16(11-15)20-13-14(18)12-17-9-4-2-3-5-10-17/h6-8,11,14,18H,2-5,9-10,12-13H2,1H3/t14-/m1/s1. The first-order chi connectivity index (χ1) is 9.78. The number of nitrogens with zero attached hydrogens (tertiary/aromatic N) is 1. The molecule has 1 aliphatic heterocycles. The van der Waals surface area contributed by atoms with Crippen molar-refractivity contribution in [2.75, 3.05) is 33.4 Å². The van der Waals surface area contributed by atoms with Crippen molar-refractivity contribution in [1.82, 2.24) is 4.90 Å². The Morgan fingerprint density at radius 2 is 1.85 bits per heavy atom. The zero-order valence-corrected chi connectivity index (χ0v) is 12.3. The second-order valence-corrected chi connectivity index (χ2v) is 5.36. The van der Waals surface area contributed by atoms with Crippen LogP contribution in [0.3, 0.4) is 0 Å². The summed E-state index contributed by atoms with van der Waals surface area (Å²) in [6, 6.07) is 7.47. The molecule has 0 spiro atoms. The number of benzene rings is 1. The van der Waals surface area contributed by atoms with Crippen molar-refractivity contribution in [3.05, 3.63) is 24.3 Å². The molecule has 1 N–H and O–H groups in total. The molecule has 1 heterocycles. The largest absolute Gasteiger partial charge is 0.497 e. The second kappa shape index (κ2) is 8.12. The molecule has 0 saturated carbocycles. The van der Waals surface area contributed by atoms with Crippen molar-refractivity contribution in [3.63, 3.8) is 0 Å². The Hall–Kier alpha value is -1.26.